The molecule has 32 heavy (non-hydrogen) atoms. The maximum absolute atomic E-state index is 13.2. The average Bonchev–Trinajstić information content (AvgIpc) is 3.44. The van der Waals surface area contributed by atoms with Crippen molar-refractivity contribution < 1.29 is 19.1 Å². The van der Waals surface area contributed by atoms with E-state index in [1.165, 1.54) is 10.7 Å². The van der Waals surface area contributed by atoms with Gasteiger partial charge in [-0.2, -0.15) is 5.10 Å². The molecule has 1 atom stereocenters. The Hall–Kier alpha value is -2.46. The number of carbonyl (C=O) groups excluding carboxylic acids is 3. The summed E-state index contributed by atoms with van der Waals surface area (Å²) in [4.78, 5) is 42.9. The molecule has 1 aromatic rings. The van der Waals surface area contributed by atoms with Gasteiger partial charge in [0.05, 0.1) is 19.8 Å². The molecule has 1 saturated carbocycles. The Kier molecular flexibility index (Phi) is 6.80. The summed E-state index contributed by atoms with van der Waals surface area (Å²) in [6.45, 7) is 8.66. The molecule has 2 fully saturated rings. The first-order chi connectivity index (χ1) is 15.4. The van der Waals surface area contributed by atoms with E-state index in [0.29, 0.717) is 32.0 Å². The predicted molar refractivity (Wildman–Crippen MR) is 117 cm³/mol. The second kappa shape index (κ2) is 9.58. The Morgan fingerprint density at radius 3 is 2.66 bits per heavy atom. The van der Waals surface area contributed by atoms with Crippen molar-refractivity contribution in [3.05, 3.63) is 17.5 Å². The molecule has 3 amide bonds. The third-order valence-corrected chi connectivity index (χ3v) is 6.84. The number of hydrogen-bond acceptors (Lipinski definition) is 6. The maximum atomic E-state index is 13.2. The lowest BCUT2D eigenvalue weighted by molar-refractivity contribution is -0.133. The molecular formula is C22H34N6O4. The van der Waals surface area contributed by atoms with Crippen molar-refractivity contribution >= 4 is 17.7 Å². The molecule has 2 N–H and O–H groups in total. The fraction of sp³-hybridized carbons (Fsp3) is 0.727. The summed E-state index contributed by atoms with van der Waals surface area (Å²) in [5.74, 6) is -0.743. The van der Waals surface area contributed by atoms with Gasteiger partial charge < -0.3 is 20.3 Å². The Labute approximate surface area is 188 Å². The van der Waals surface area contributed by atoms with E-state index >= 15 is 0 Å². The molecule has 0 bridgehead atoms. The number of aromatic nitrogens is 2. The first kappa shape index (κ1) is 22.7. The van der Waals surface area contributed by atoms with E-state index < -0.39 is 5.54 Å². The molecule has 176 valence electrons. The zero-order valence-electron chi connectivity index (χ0n) is 19.1. The van der Waals surface area contributed by atoms with Crippen LogP contribution in [0.3, 0.4) is 0 Å². The van der Waals surface area contributed by atoms with Crippen LogP contribution in [-0.2, 0) is 16.1 Å². The molecule has 3 heterocycles. The smallest absolute Gasteiger partial charge is 0.273 e. The third kappa shape index (κ3) is 4.52. The molecular weight excluding hydrogens is 412 g/mol. The largest absolute Gasteiger partial charge is 0.379 e. The van der Waals surface area contributed by atoms with E-state index in [0.717, 1.165) is 45.3 Å². The lowest BCUT2D eigenvalue weighted by Gasteiger charge is -2.43. The number of fused-ring (bicyclic) bond motifs is 1. The minimum absolute atomic E-state index is 0.155. The Bertz CT molecular complexity index is 859. The van der Waals surface area contributed by atoms with E-state index in [1.807, 2.05) is 6.92 Å². The highest BCUT2D eigenvalue weighted by Gasteiger charge is 2.48. The molecule has 4 rings (SSSR count). The summed E-state index contributed by atoms with van der Waals surface area (Å²) < 4.78 is 6.85. The second-order valence-electron chi connectivity index (χ2n) is 9.06. The van der Waals surface area contributed by atoms with Gasteiger partial charge in [0.15, 0.2) is 5.69 Å². The molecule has 10 nitrogen and oxygen atoms in total. The van der Waals surface area contributed by atoms with Crippen molar-refractivity contribution in [3.63, 3.8) is 0 Å². The summed E-state index contributed by atoms with van der Waals surface area (Å²) in [5.41, 5.74) is -0.500. The van der Waals surface area contributed by atoms with Gasteiger partial charge in [-0.1, -0.05) is 12.8 Å². The highest BCUT2D eigenvalue weighted by atomic mass is 16.5. The van der Waals surface area contributed by atoms with E-state index in [4.69, 9.17) is 4.74 Å². The summed E-state index contributed by atoms with van der Waals surface area (Å²) in [6.07, 6.45) is 4.18. The monoisotopic (exact) mass is 446 g/mol. The molecule has 1 aliphatic carbocycles. The minimum Gasteiger partial charge on any atom is -0.379 e. The number of rotatable bonds is 7. The van der Waals surface area contributed by atoms with Gasteiger partial charge in [-0.25, -0.2) is 0 Å². The van der Waals surface area contributed by atoms with Crippen LogP contribution >= 0.6 is 0 Å². The fourth-order valence-corrected chi connectivity index (χ4v) is 4.90. The summed E-state index contributed by atoms with van der Waals surface area (Å²) in [7, 11) is 0. The lowest BCUT2D eigenvalue weighted by atomic mass is 9.94. The van der Waals surface area contributed by atoms with Crippen LogP contribution in [0.2, 0.25) is 0 Å². The van der Waals surface area contributed by atoms with Crippen LogP contribution in [0, 0.1) is 0 Å². The zero-order chi connectivity index (χ0) is 22.7. The number of ether oxygens (including phenoxy) is 1. The number of morpholine rings is 1. The standard InChI is InChI=1S/C22H34N6O4/c1-3-27-20(30)18-14-17(19(29)23-8-9-26-10-12-32-13-11-26)25-28(18)15-22(27,2)21(31)24-16-6-4-5-7-16/h14,16H,3-13,15H2,1-2H3,(H,23,29)(H,24,31). The summed E-state index contributed by atoms with van der Waals surface area (Å²) in [5, 5.41) is 10.4. The topological polar surface area (TPSA) is 109 Å². The van der Waals surface area contributed by atoms with Gasteiger partial charge in [0.1, 0.15) is 11.2 Å². The number of hydrogen-bond donors (Lipinski definition) is 2. The summed E-state index contributed by atoms with van der Waals surface area (Å²) in [6, 6.07) is 1.70. The van der Waals surface area contributed by atoms with Crippen LogP contribution in [0.5, 0.6) is 0 Å². The first-order valence-corrected chi connectivity index (χ1v) is 11.7. The van der Waals surface area contributed by atoms with E-state index in [9.17, 15) is 14.4 Å². The van der Waals surface area contributed by atoms with Crippen molar-refractivity contribution in [3.8, 4) is 0 Å². The van der Waals surface area contributed by atoms with Crippen LogP contribution in [-0.4, -0.2) is 94.8 Å². The lowest BCUT2D eigenvalue weighted by Crippen LogP contribution is -2.64. The molecule has 0 spiro atoms. The van der Waals surface area contributed by atoms with Gasteiger partial charge in [0.25, 0.3) is 11.8 Å². The van der Waals surface area contributed by atoms with Gasteiger partial charge in [0.2, 0.25) is 5.91 Å². The Balaban J connectivity index is 1.43. The minimum atomic E-state index is -1.04. The van der Waals surface area contributed by atoms with Crippen LogP contribution in [0.1, 0.15) is 60.5 Å². The normalized spacial score (nSPS) is 24.4. The third-order valence-electron chi connectivity index (χ3n) is 6.84. The second-order valence-corrected chi connectivity index (χ2v) is 9.06. The van der Waals surface area contributed by atoms with Crippen molar-refractivity contribution in [2.45, 2.75) is 57.7 Å². The van der Waals surface area contributed by atoms with Crippen molar-refractivity contribution in [1.82, 2.24) is 30.2 Å². The van der Waals surface area contributed by atoms with Crippen LogP contribution in [0.15, 0.2) is 6.07 Å². The molecule has 2 aliphatic heterocycles. The van der Waals surface area contributed by atoms with E-state index in [2.05, 4.69) is 20.6 Å². The van der Waals surface area contributed by atoms with Gasteiger partial charge >= 0.3 is 0 Å². The van der Waals surface area contributed by atoms with Crippen molar-refractivity contribution in [2.24, 2.45) is 0 Å². The average molecular weight is 447 g/mol. The van der Waals surface area contributed by atoms with E-state index in [1.54, 1.807) is 11.8 Å². The number of amides is 3. The van der Waals surface area contributed by atoms with Crippen molar-refractivity contribution in [1.29, 1.82) is 0 Å². The molecule has 0 aromatic carbocycles. The summed E-state index contributed by atoms with van der Waals surface area (Å²) >= 11 is 0. The molecule has 10 heteroatoms. The SMILES string of the molecule is CCN1C(=O)c2cc(C(=O)NCCN3CCOCC3)nn2CC1(C)C(=O)NC1CCCC1. The fourth-order valence-electron chi connectivity index (χ4n) is 4.90. The number of nitrogens with zero attached hydrogens (tertiary/aromatic N) is 4. The molecule has 1 unspecified atom stereocenters. The molecule has 0 radical (unpaired) electrons. The van der Waals surface area contributed by atoms with Gasteiger partial charge in [-0.3, -0.25) is 24.0 Å². The highest BCUT2D eigenvalue weighted by Crippen LogP contribution is 2.28. The molecule has 1 saturated heterocycles. The predicted octanol–water partition coefficient (Wildman–Crippen LogP) is 0.238. The van der Waals surface area contributed by atoms with Crippen LogP contribution in [0.25, 0.3) is 0 Å². The number of carbonyl (C=O) groups is 3. The molecule has 1 aromatic heterocycles. The van der Waals surface area contributed by atoms with Gasteiger partial charge in [0, 0.05) is 44.8 Å². The van der Waals surface area contributed by atoms with Crippen LogP contribution in [0.4, 0.5) is 0 Å². The number of likely N-dealkylation sites (N-methyl/N-ethyl adjacent to an activating group) is 1. The maximum Gasteiger partial charge on any atom is 0.273 e. The zero-order valence-corrected chi connectivity index (χ0v) is 19.1. The number of nitrogens with one attached hydrogen (secondary N) is 2. The van der Waals surface area contributed by atoms with Crippen molar-refractivity contribution in [2.75, 3.05) is 45.9 Å². The Morgan fingerprint density at radius 1 is 1.25 bits per heavy atom. The quantitative estimate of drug-likeness (QED) is 0.621. The first-order valence-electron chi connectivity index (χ1n) is 11.7. The molecule has 3 aliphatic rings. The Morgan fingerprint density at radius 2 is 1.97 bits per heavy atom. The van der Waals surface area contributed by atoms with Crippen LogP contribution < -0.4 is 10.6 Å². The van der Waals surface area contributed by atoms with Gasteiger partial charge in [-0.15, -0.1) is 0 Å². The van der Waals surface area contributed by atoms with E-state index in [-0.39, 0.29) is 36.0 Å². The highest BCUT2D eigenvalue weighted by molar-refractivity contribution is 6.01. The van der Waals surface area contributed by atoms with Gasteiger partial charge in [-0.05, 0) is 26.7 Å².